The van der Waals surface area contributed by atoms with Gasteiger partial charge >= 0.3 is 0 Å². The molecule has 1 amide bonds. The molecule has 0 aromatic carbocycles. The fourth-order valence-corrected chi connectivity index (χ4v) is 4.85. The SMILES string of the molecule is CCNC(=NCCc1nnc2n1CCCCC2)N1CCCC2(CNC(=O)C2)C1. The van der Waals surface area contributed by atoms with Crippen LogP contribution in [0.1, 0.15) is 57.1 Å². The Labute approximate surface area is 167 Å². The van der Waals surface area contributed by atoms with Crippen LogP contribution in [0.2, 0.25) is 0 Å². The average molecular weight is 388 g/mol. The van der Waals surface area contributed by atoms with Crippen molar-refractivity contribution in [2.45, 2.75) is 64.8 Å². The first kappa shape index (κ1) is 19.2. The van der Waals surface area contributed by atoms with Gasteiger partial charge in [-0.3, -0.25) is 9.79 Å². The minimum absolute atomic E-state index is 0.0792. The molecule has 1 aromatic heterocycles. The molecule has 28 heavy (non-hydrogen) atoms. The number of likely N-dealkylation sites (tertiary alicyclic amines) is 1. The summed E-state index contributed by atoms with van der Waals surface area (Å²) in [6, 6.07) is 0. The van der Waals surface area contributed by atoms with Gasteiger partial charge in [0.05, 0.1) is 0 Å². The summed E-state index contributed by atoms with van der Waals surface area (Å²) in [4.78, 5) is 19.0. The molecule has 2 fully saturated rings. The Morgan fingerprint density at radius 2 is 2.18 bits per heavy atom. The van der Waals surface area contributed by atoms with Gasteiger partial charge in [0.15, 0.2) is 5.96 Å². The van der Waals surface area contributed by atoms with Crippen LogP contribution >= 0.6 is 0 Å². The highest BCUT2D eigenvalue weighted by Gasteiger charge is 2.42. The minimum Gasteiger partial charge on any atom is -0.357 e. The van der Waals surface area contributed by atoms with Crippen molar-refractivity contribution in [3.05, 3.63) is 11.6 Å². The van der Waals surface area contributed by atoms with Crippen molar-refractivity contribution < 1.29 is 4.79 Å². The van der Waals surface area contributed by atoms with E-state index in [9.17, 15) is 4.79 Å². The molecular formula is C20H33N7O. The zero-order chi connectivity index (χ0) is 19.4. The van der Waals surface area contributed by atoms with Gasteiger partial charge in [-0.1, -0.05) is 6.42 Å². The van der Waals surface area contributed by atoms with Gasteiger partial charge in [-0.25, -0.2) is 0 Å². The molecule has 1 spiro atoms. The Morgan fingerprint density at radius 1 is 1.25 bits per heavy atom. The van der Waals surface area contributed by atoms with Crippen molar-refractivity contribution in [3.63, 3.8) is 0 Å². The van der Waals surface area contributed by atoms with Crippen molar-refractivity contribution in [2.75, 3.05) is 32.7 Å². The quantitative estimate of drug-likeness (QED) is 0.597. The molecule has 154 valence electrons. The van der Waals surface area contributed by atoms with Gasteiger partial charge in [0.25, 0.3) is 0 Å². The van der Waals surface area contributed by atoms with Crippen LogP contribution < -0.4 is 10.6 Å². The highest BCUT2D eigenvalue weighted by Crippen LogP contribution is 2.36. The Balaban J connectivity index is 1.41. The first-order valence-electron chi connectivity index (χ1n) is 10.9. The number of guanidine groups is 1. The Kier molecular flexibility index (Phi) is 5.82. The minimum atomic E-state index is 0.0792. The fourth-order valence-electron chi connectivity index (χ4n) is 4.85. The molecule has 1 atom stereocenters. The maximum absolute atomic E-state index is 11.8. The lowest BCUT2D eigenvalue weighted by Gasteiger charge is -2.40. The number of carbonyl (C=O) groups is 1. The molecule has 0 saturated carbocycles. The van der Waals surface area contributed by atoms with Crippen molar-refractivity contribution in [2.24, 2.45) is 10.4 Å². The summed E-state index contributed by atoms with van der Waals surface area (Å²) in [5, 5.41) is 15.3. The molecule has 0 aliphatic carbocycles. The number of nitrogens with one attached hydrogen (secondary N) is 2. The number of fused-ring (bicyclic) bond motifs is 1. The average Bonchev–Trinajstić information content (AvgIpc) is 3.15. The number of hydrogen-bond donors (Lipinski definition) is 2. The van der Waals surface area contributed by atoms with E-state index in [0.717, 1.165) is 76.0 Å². The van der Waals surface area contributed by atoms with Crippen molar-refractivity contribution >= 4 is 11.9 Å². The summed E-state index contributed by atoms with van der Waals surface area (Å²) < 4.78 is 2.31. The lowest BCUT2D eigenvalue weighted by atomic mass is 9.79. The zero-order valence-corrected chi connectivity index (χ0v) is 17.0. The maximum atomic E-state index is 11.8. The van der Waals surface area contributed by atoms with Gasteiger partial charge in [0.2, 0.25) is 5.91 Å². The van der Waals surface area contributed by atoms with Crippen LogP contribution in [-0.2, 0) is 24.2 Å². The van der Waals surface area contributed by atoms with Crippen LogP contribution in [0.25, 0.3) is 0 Å². The number of aromatic nitrogens is 3. The molecule has 3 aliphatic heterocycles. The summed E-state index contributed by atoms with van der Waals surface area (Å²) in [5.74, 6) is 3.37. The number of nitrogens with zero attached hydrogens (tertiary/aromatic N) is 5. The van der Waals surface area contributed by atoms with E-state index in [1.807, 2.05) is 0 Å². The number of aliphatic imine (C=N–C) groups is 1. The van der Waals surface area contributed by atoms with E-state index in [0.29, 0.717) is 13.0 Å². The van der Waals surface area contributed by atoms with Crippen LogP contribution in [0.15, 0.2) is 4.99 Å². The van der Waals surface area contributed by atoms with Crippen molar-refractivity contribution in [3.8, 4) is 0 Å². The topological polar surface area (TPSA) is 87.4 Å². The van der Waals surface area contributed by atoms with Crippen LogP contribution in [-0.4, -0.2) is 64.3 Å². The number of aryl methyl sites for hydroxylation is 1. The zero-order valence-electron chi connectivity index (χ0n) is 17.0. The van der Waals surface area contributed by atoms with Crippen LogP contribution in [0.4, 0.5) is 0 Å². The summed E-state index contributed by atoms with van der Waals surface area (Å²) >= 11 is 0. The first-order valence-corrected chi connectivity index (χ1v) is 10.9. The molecule has 4 rings (SSSR count). The predicted octanol–water partition coefficient (Wildman–Crippen LogP) is 1.11. The fraction of sp³-hybridized carbons (Fsp3) is 0.800. The van der Waals surface area contributed by atoms with Gasteiger partial charge in [-0.15, -0.1) is 10.2 Å². The predicted molar refractivity (Wildman–Crippen MR) is 108 cm³/mol. The van der Waals surface area contributed by atoms with E-state index in [2.05, 4.69) is 37.2 Å². The van der Waals surface area contributed by atoms with E-state index in [1.165, 1.54) is 19.3 Å². The third kappa shape index (κ3) is 4.15. The number of rotatable bonds is 4. The number of hydrogen-bond acceptors (Lipinski definition) is 4. The van der Waals surface area contributed by atoms with Gasteiger partial charge in [0, 0.05) is 63.9 Å². The first-order chi connectivity index (χ1) is 13.7. The largest absolute Gasteiger partial charge is 0.357 e. The molecule has 4 heterocycles. The van der Waals surface area contributed by atoms with Gasteiger partial charge in [0.1, 0.15) is 11.6 Å². The monoisotopic (exact) mass is 387 g/mol. The number of amides is 1. The van der Waals surface area contributed by atoms with E-state index in [4.69, 9.17) is 4.99 Å². The van der Waals surface area contributed by atoms with Gasteiger partial charge in [-0.2, -0.15) is 0 Å². The molecule has 8 heteroatoms. The number of piperidine rings is 1. The number of carbonyl (C=O) groups excluding carboxylic acids is 1. The van der Waals surface area contributed by atoms with Gasteiger partial charge < -0.3 is 20.1 Å². The lowest BCUT2D eigenvalue weighted by Crippen LogP contribution is -2.51. The Hall–Kier alpha value is -2.12. The summed E-state index contributed by atoms with van der Waals surface area (Å²) in [5.41, 5.74) is 0.0792. The highest BCUT2D eigenvalue weighted by molar-refractivity contribution is 5.81. The van der Waals surface area contributed by atoms with Crippen LogP contribution in [0.3, 0.4) is 0 Å². The molecule has 3 aliphatic rings. The summed E-state index contributed by atoms with van der Waals surface area (Å²) in [7, 11) is 0. The molecule has 1 unspecified atom stereocenters. The second-order valence-corrected chi connectivity index (χ2v) is 8.46. The lowest BCUT2D eigenvalue weighted by molar-refractivity contribution is -0.119. The van der Waals surface area contributed by atoms with Crippen LogP contribution in [0, 0.1) is 5.41 Å². The van der Waals surface area contributed by atoms with Gasteiger partial charge in [-0.05, 0) is 32.6 Å². The molecule has 0 bridgehead atoms. The molecule has 8 nitrogen and oxygen atoms in total. The molecule has 0 radical (unpaired) electrons. The van der Waals surface area contributed by atoms with E-state index in [-0.39, 0.29) is 11.3 Å². The standard InChI is InChI=1S/C20H33N7O/c1-2-21-19(26-11-6-9-20(15-26)13-18(28)23-14-20)22-10-8-17-25-24-16-7-4-3-5-12-27(16)17/h2-15H2,1H3,(H,21,22)(H,23,28). The summed E-state index contributed by atoms with van der Waals surface area (Å²) in [6.45, 7) is 7.40. The van der Waals surface area contributed by atoms with E-state index >= 15 is 0 Å². The molecule has 1 aromatic rings. The van der Waals surface area contributed by atoms with E-state index < -0.39 is 0 Å². The van der Waals surface area contributed by atoms with Crippen molar-refractivity contribution in [1.82, 2.24) is 30.3 Å². The summed E-state index contributed by atoms with van der Waals surface area (Å²) in [6.07, 6.45) is 8.45. The van der Waals surface area contributed by atoms with Crippen LogP contribution in [0.5, 0.6) is 0 Å². The Bertz CT molecular complexity index is 728. The molecule has 2 saturated heterocycles. The smallest absolute Gasteiger partial charge is 0.220 e. The highest BCUT2D eigenvalue weighted by atomic mass is 16.1. The third-order valence-electron chi connectivity index (χ3n) is 6.28. The third-order valence-corrected chi connectivity index (χ3v) is 6.28. The Morgan fingerprint density at radius 3 is 3.00 bits per heavy atom. The maximum Gasteiger partial charge on any atom is 0.220 e. The second-order valence-electron chi connectivity index (χ2n) is 8.46. The molecular weight excluding hydrogens is 354 g/mol. The van der Waals surface area contributed by atoms with Crippen molar-refractivity contribution in [1.29, 1.82) is 0 Å². The van der Waals surface area contributed by atoms with E-state index in [1.54, 1.807) is 0 Å². The normalized spacial score (nSPS) is 25.5. The second kappa shape index (κ2) is 8.49. The molecule has 2 N–H and O–H groups in total.